The zero-order chi connectivity index (χ0) is 14.5. The Bertz CT molecular complexity index is 590. The maximum absolute atomic E-state index is 5.82. The van der Waals surface area contributed by atoms with Crippen LogP contribution in [0.1, 0.15) is 25.1 Å². The van der Waals surface area contributed by atoms with E-state index in [2.05, 4.69) is 25.5 Å². The van der Waals surface area contributed by atoms with Gasteiger partial charge < -0.3 is 15.5 Å². The van der Waals surface area contributed by atoms with Gasteiger partial charge in [0, 0.05) is 19.5 Å². The number of furan rings is 1. The molecule has 4 N–H and O–H groups in total. The predicted molar refractivity (Wildman–Crippen MR) is 95.0 cm³/mol. The Hall–Kier alpha value is -1.58. The summed E-state index contributed by atoms with van der Waals surface area (Å²) in [5, 5.41) is 10.1. The number of aromatic nitrogens is 3. The largest absolute Gasteiger partial charge is 0.461 e. The topological polar surface area (TPSA) is 105 Å². The lowest BCUT2D eigenvalue weighted by atomic mass is 9.86. The molecular weight excluding hydrogens is 395 g/mol. The van der Waals surface area contributed by atoms with E-state index in [1.165, 1.54) is 19.3 Å². The van der Waals surface area contributed by atoms with Gasteiger partial charge in [0.05, 0.1) is 6.26 Å². The second-order valence-electron chi connectivity index (χ2n) is 5.28. The zero-order valence-corrected chi connectivity index (χ0v) is 14.6. The summed E-state index contributed by atoms with van der Waals surface area (Å²) in [6.45, 7) is 1.51. The summed E-state index contributed by atoms with van der Waals surface area (Å²) in [7, 11) is 0. The monoisotopic (exact) mass is 416 g/mol. The molecule has 0 bridgehead atoms. The summed E-state index contributed by atoms with van der Waals surface area (Å²) < 4.78 is 5.25. The van der Waals surface area contributed by atoms with E-state index in [1.54, 1.807) is 6.26 Å². The van der Waals surface area contributed by atoms with Gasteiger partial charge in [0.2, 0.25) is 5.82 Å². The van der Waals surface area contributed by atoms with Crippen LogP contribution in [-0.4, -0.2) is 34.2 Å². The van der Waals surface area contributed by atoms with Gasteiger partial charge in [-0.3, -0.25) is 10.1 Å². The van der Waals surface area contributed by atoms with Crippen LogP contribution in [0, 0.1) is 5.92 Å². The number of nitrogens with two attached hydrogens (primary N) is 1. The fraction of sp³-hybridized carbons (Fsp3) is 0.500. The third kappa shape index (κ3) is 4.46. The Morgan fingerprint density at radius 2 is 2.36 bits per heavy atom. The van der Waals surface area contributed by atoms with Crippen LogP contribution < -0.4 is 11.1 Å². The highest BCUT2D eigenvalue weighted by Gasteiger charge is 2.16. The first kappa shape index (κ1) is 16.8. The number of aromatic amines is 1. The van der Waals surface area contributed by atoms with Gasteiger partial charge in [0.25, 0.3) is 0 Å². The Labute approximate surface area is 146 Å². The summed E-state index contributed by atoms with van der Waals surface area (Å²) in [4.78, 5) is 8.71. The molecule has 120 valence electrons. The van der Waals surface area contributed by atoms with Gasteiger partial charge >= 0.3 is 0 Å². The standard InChI is InChI=1S/C14H20N6O.HI/c15-14(17-9-10-3-1-4-10)16-7-6-12-18-13(20-19-12)11-5-2-8-21-11;/h2,5,8,10H,1,3-4,6-7,9H2,(H3,15,16,17)(H,18,19,20);1H. The van der Waals surface area contributed by atoms with Crippen molar-refractivity contribution in [2.24, 2.45) is 16.6 Å². The summed E-state index contributed by atoms with van der Waals surface area (Å²) in [5.41, 5.74) is 5.82. The van der Waals surface area contributed by atoms with Gasteiger partial charge in [-0.05, 0) is 30.9 Å². The molecule has 0 aliphatic heterocycles. The molecule has 0 amide bonds. The van der Waals surface area contributed by atoms with Crippen molar-refractivity contribution < 1.29 is 4.42 Å². The molecule has 7 nitrogen and oxygen atoms in total. The number of hydrogen-bond acceptors (Lipinski definition) is 4. The van der Waals surface area contributed by atoms with Crippen molar-refractivity contribution in [1.82, 2.24) is 20.5 Å². The molecule has 1 aliphatic rings. The smallest absolute Gasteiger partial charge is 0.216 e. The average molecular weight is 416 g/mol. The van der Waals surface area contributed by atoms with Gasteiger partial charge in [-0.25, -0.2) is 4.98 Å². The molecule has 0 saturated heterocycles. The number of H-pyrrole nitrogens is 1. The van der Waals surface area contributed by atoms with Crippen molar-refractivity contribution in [2.75, 3.05) is 13.1 Å². The Balaban J connectivity index is 0.00000176. The van der Waals surface area contributed by atoms with Crippen molar-refractivity contribution in [2.45, 2.75) is 25.7 Å². The van der Waals surface area contributed by atoms with Crippen LogP contribution in [0.15, 0.2) is 27.8 Å². The van der Waals surface area contributed by atoms with Gasteiger partial charge in [-0.1, -0.05) is 6.42 Å². The molecule has 0 aromatic carbocycles. The highest BCUT2D eigenvalue weighted by molar-refractivity contribution is 14.0. The molecule has 0 atom stereocenters. The Kier molecular flexibility index (Phi) is 6.22. The normalized spacial score (nSPS) is 15.2. The van der Waals surface area contributed by atoms with E-state index in [0.29, 0.717) is 30.5 Å². The van der Waals surface area contributed by atoms with Gasteiger partial charge in [-0.15, -0.1) is 24.0 Å². The Morgan fingerprint density at radius 1 is 1.50 bits per heavy atom. The fourth-order valence-corrected chi connectivity index (χ4v) is 2.19. The van der Waals surface area contributed by atoms with E-state index < -0.39 is 0 Å². The van der Waals surface area contributed by atoms with Crippen molar-refractivity contribution >= 4 is 29.9 Å². The second-order valence-corrected chi connectivity index (χ2v) is 5.28. The van der Waals surface area contributed by atoms with Crippen molar-refractivity contribution in [1.29, 1.82) is 0 Å². The molecule has 1 fully saturated rings. The minimum absolute atomic E-state index is 0. The molecule has 22 heavy (non-hydrogen) atoms. The van der Waals surface area contributed by atoms with E-state index in [0.717, 1.165) is 18.3 Å². The maximum atomic E-state index is 5.82. The summed E-state index contributed by atoms with van der Waals surface area (Å²) in [5.74, 6) is 3.26. The number of nitrogens with one attached hydrogen (secondary N) is 2. The van der Waals surface area contributed by atoms with Crippen LogP contribution in [-0.2, 0) is 6.42 Å². The van der Waals surface area contributed by atoms with Crippen LogP contribution in [0.2, 0.25) is 0 Å². The minimum atomic E-state index is 0. The lowest BCUT2D eigenvalue weighted by molar-refractivity contribution is 0.326. The molecule has 1 aliphatic carbocycles. The highest BCUT2D eigenvalue weighted by atomic mass is 127. The molecule has 1 saturated carbocycles. The molecular formula is C14H21IN6O. The first-order chi connectivity index (χ1) is 10.3. The average Bonchev–Trinajstić information content (AvgIpc) is 3.07. The molecule has 0 radical (unpaired) electrons. The molecule has 3 rings (SSSR count). The molecule has 2 aromatic heterocycles. The van der Waals surface area contributed by atoms with Crippen LogP contribution in [0.25, 0.3) is 11.6 Å². The van der Waals surface area contributed by atoms with E-state index in [9.17, 15) is 0 Å². The second kappa shape index (κ2) is 8.16. The fourth-order valence-electron chi connectivity index (χ4n) is 2.19. The van der Waals surface area contributed by atoms with Crippen LogP contribution >= 0.6 is 24.0 Å². The molecule has 0 unspecified atom stereocenters. The Morgan fingerprint density at radius 3 is 3.05 bits per heavy atom. The quantitative estimate of drug-likeness (QED) is 0.379. The third-order valence-corrected chi connectivity index (χ3v) is 3.69. The van der Waals surface area contributed by atoms with E-state index >= 15 is 0 Å². The number of halogens is 1. The minimum Gasteiger partial charge on any atom is -0.461 e. The van der Waals surface area contributed by atoms with E-state index in [1.807, 2.05) is 12.1 Å². The first-order valence-corrected chi connectivity index (χ1v) is 7.30. The summed E-state index contributed by atoms with van der Waals surface area (Å²) >= 11 is 0. The summed E-state index contributed by atoms with van der Waals surface area (Å²) in [6, 6.07) is 3.64. The van der Waals surface area contributed by atoms with Gasteiger partial charge in [0.1, 0.15) is 5.82 Å². The van der Waals surface area contributed by atoms with Crippen LogP contribution in [0.5, 0.6) is 0 Å². The highest BCUT2D eigenvalue weighted by Crippen LogP contribution is 2.26. The number of hydrogen-bond donors (Lipinski definition) is 3. The molecule has 2 heterocycles. The van der Waals surface area contributed by atoms with Crippen LogP contribution in [0.3, 0.4) is 0 Å². The predicted octanol–water partition coefficient (Wildman–Crippen LogP) is 1.93. The number of rotatable bonds is 6. The molecule has 8 heteroatoms. The van der Waals surface area contributed by atoms with Crippen molar-refractivity contribution in [3.63, 3.8) is 0 Å². The SMILES string of the molecule is I.NC(=NCC1CCC1)NCCc1nc(-c2ccco2)n[nH]1. The first-order valence-electron chi connectivity index (χ1n) is 7.30. The van der Waals surface area contributed by atoms with E-state index in [4.69, 9.17) is 10.2 Å². The maximum Gasteiger partial charge on any atom is 0.216 e. The van der Waals surface area contributed by atoms with Gasteiger partial charge in [0.15, 0.2) is 11.7 Å². The molecule has 0 spiro atoms. The number of guanidine groups is 1. The summed E-state index contributed by atoms with van der Waals surface area (Å²) in [6.07, 6.45) is 6.20. The van der Waals surface area contributed by atoms with Crippen molar-refractivity contribution in [3.05, 3.63) is 24.2 Å². The van der Waals surface area contributed by atoms with Gasteiger partial charge in [-0.2, -0.15) is 5.10 Å². The van der Waals surface area contributed by atoms with Crippen LogP contribution in [0.4, 0.5) is 0 Å². The van der Waals surface area contributed by atoms with E-state index in [-0.39, 0.29) is 24.0 Å². The number of nitrogens with zero attached hydrogens (tertiary/aromatic N) is 3. The third-order valence-electron chi connectivity index (χ3n) is 3.69. The molecule has 2 aromatic rings. The van der Waals surface area contributed by atoms with Crippen molar-refractivity contribution in [3.8, 4) is 11.6 Å². The lowest BCUT2D eigenvalue weighted by Gasteiger charge is -2.23. The number of aliphatic imine (C=N–C) groups is 1. The zero-order valence-electron chi connectivity index (χ0n) is 12.3. The lowest BCUT2D eigenvalue weighted by Crippen LogP contribution is -2.34.